The van der Waals surface area contributed by atoms with E-state index in [1.54, 1.807) is 11.0 Å². The highest BCUT2D eigenvalue weighted by molar-refractivity contribution is 5.91. The Labute approximate surface area is 162 Å². The van der Waals surface area contributed by atoms with Gasteiger partial charge in [0.15, 0.2) is 0 Å². The van der Waals surface area contributed by atoms with Crippen molar-refractivity contribution in [2.24, 2.45) is 11.1 Å². The lowest BCUT2D eigenvalue weighted by atomic mass is 9.77. The number of rotatable bonds is 7. The van der Waals surface area contributed by atoms with Crippen molar-refractivity contribution in [2.45, 2.75) is 32.6 Å². The van der Waals surface area contributed by atoms with Gasteiger partial charge in [0, 0.05) is 31.0 Å². The first-order chi connectivity index (χ1) is 13.4. The summed E-state index contributed by atoms with van der Waals surface area (Å²) in [6, 6.07) is 7.31. The molecule has 28 heavy (non-hydrogen) atoms. The van der Waals surface area contributed by atoms with E-state index >= 15 is 0 Å². The molecule has 8 heteroatoms. The van der Waals surface area contributed by atoms with Crippen LogP contribution in [0.25, 0.3) is 0 Å². The fourth-order valence-corrected chi connectivity index (χ4v) is 3.57. The minimum absolute atomic E-state index is 0.0919. The van der Waals surface area contributed by atoms with Crippen molar-refractivity contribution in [3.05, 3.63) is 47.6 Å². The Kier molecular flexibility index (Phi) is 5.96. The van der Waals surface area contributed by atoms with Crippen LogP contribution in [-0.4, -0.2) is 41.6 Å². The van der Waals surface area contributed by atoms with E-state index < -0.39 is 11.3 Å². The van der Waals surface area contributed by atoms with Gasteiger partial charge in [0.2, 0.25) is 11.7 Å². The number of piperidine rings is 1. The van der Waals surface area contributed by atoms with Crippen LogP contribution in [0.2, 0.25) is 0 Å². The minimum atomic E-state index is -0.609. The lowest BCUT2D eigenvalue weighted by Crippen LogP contribution is -2.50. The first kappa shape index (κ1) is 19.9. The van der Waals surface area contributed by atoms with Gasteiger partial charge >= 0.3 is 0 Å². The number of hydrogen-bond acceptors (Lipinski definition) is 5. The summed E-state index contributed by atoms with van der Waals surface area (Å²) in [5.74, 6) is -0.387. The van der Waals surface area contributed by atoms with Crippen molar-refractivity contribution in [2.75, 3.05) is 19.7 Å². The van der Waals surface area contributed by atoms with Gasteiger partial charge in [-0.15, -0.1) is 0 Å². The number of ether oxygens (including phenoxy) is 1. The van der Waals surface area contributed by atoms with Gasteiger partial charge in [-0.2, -0.15) is 0 Å². The number of carbonyl (C=O) groups excluding carboxylic acids is 2. The third-order valence-corrected chi connectivity index (χ3v) is 4.99. The zero-order chi connectivity index (χ0) is 20.1. The van der Waals surface area contributed by atoms with Gasteiger partial charge in [0.1, 0.15) is 11.6 Å². The quantitative estimate of drug-likeness (QED) is 0.785. The first-order valence-electron chi connectivity index (χ1n) is 9.32. The highest BCUT2D eigenvalue weighted by Gasteiger charge is 2.40. The molecule has 1 atom stereocenters. The molecule has 0 radical (unpaired) electrons. The molecule has 0 spiro atoms. The highest BCUT2D eigenvalue weighted by Crippen LogP contribution is 2.35. The Morgan fingerprint density at radius 3 is 2.75 bits per heavy atom. The van der Waals surface area contributed by atoms with Crippen molar-refractivity contribution < 1.29 is 23.2 Å². The number of benzene rings is 1. The molecule has 0 bridgehead atoms. The van der Waals surface area contributed by atoms with E-state index in [0.717, 1.165) is 0 Å². The predicted molar refractivity (Wildman–Crippen MR) is 99.2 cm³/mol. The number of amides is 2. The number of nitrogens with zero attached hydrogens (tertiary/aromatic N) is 2. The number of primary amides is 1. The fraction of sp³-hybridized carbons (Fsp3) is 0.450. The molecule has 1 aliphatic heterocycles. The summed E-state index contributed by atoms with van der Waals surface area (Å²) in [5, 5.41) is 3.87. The van der Waals surface area contributed by atoms with Crippen LogP contribution >= 0.6 is 0 Å². The summed E-state index contributed by atoms with van der Waals surface area (Å²) in [4.78, 5) is 26.2. The van der Waals surface area contributed by atoms with E-state index in [4.69, 9.17) is 15.0 Å². The van der Waals surface area contributed by atoms with Gasteiger partial charge < -0.3 is 19.9 Å². The molecule has 1 aliphatic rings. The Balaban J connectivity index is 1.74. The number of halogens is 1. The zero-order valence-corrected chi connectivity index (χ0v) is 15.8. The second-order valence-corrected chi connectivity index (χ2v) is 7.25. The van der Waals surface area contributed by atoms with Crippen LogP contribution in [0.15, 0.2) is 34.9 Å². The Hall–Kier alpha value is -2.90. The van der Waals surface area contributed by atoms with E-state index in [-0.39, 0.29) is 30.5 Å². The van der Waals surface area contributed by atoms with E-state index in [1.807, 2.05) is 6.92 Å². The maximum atomic E-state index is 13.1. The average molecular weight is 389 g/mol. The predicted octanol–water partition coefficient (Wildman–Crippen LogP) is 2.55. The number of hydrogen-bond donors (Lipinski definition) is 1. The van der Waals surface area contributed by atoms with Gasteiger partial charge in [0.25, 0.3) is 5.91 Å². The summed E-state index contributed by atoms with van der Waals surface area (Å²) < 4.78 is 24.1. The van der Waals surface area contributed by atoms with Gasteiger partial charge in [0.05, 0.1) is 12.3 Å². The van der Waals surface area contributed by atoms with Crippen molar-refractivity contribution in [1.29, 1.82) is 0 Å². The fourth-order valence-electron chi connectivity index (χ4n) is 3.57. The van der Waals surface area contributed by atoms with Crippen LogP contribution in [0.1, 0.15) is 42.4 Å². The standard InChI is InChI=1S/C20H24FN3O4/c1-2-15-10-17(28-23-15)19(26)24-9-3-8-20(12-24,11-18(22)25)13-27-16-6-4-14(21)5-7-16/h4-7,10H,2-3,8-9,11-13H2,1H3,(H2,22,25). The second-order valence-electron chi connectivity index (χ2n) is 7.25. The smallest absolute Gasteiger partial charge is 0.292 e. The average Bonchev–Trinajstić information content (AvgIpc) is 3.16. The van der Waals surface area contributed by atoms with E-state index in [1.165, 1.54) is 24.3 Å². The van der Waals surface area contributed by atoms with Crippen LogP contribution in [0, 0.1) is 11.2 Å². The Morgan fingerprint density at radius 1 is 1.36 bits per heavy atom. The molecular formula is C20H24FN3O4. The molecule has 1 aromatic carbocycles. The molecule has 1 unspecified atom stereocenters. The largest absolute Gasteiger partial charge is 0.493 e. The van der Waals surface area contributed by atoms with Crippen molar-refractivity contribution >= 4 is 11.8 Å². The minimum Gasteiger partial charge on any atom is -0.493 e. The molecule has 1 fully saturated rings. The van der Waals surface area contributed by atoms with Crippen LogP contribution in [0.5, 0.6) is 5.75 Å². The topological polar surface area (TPSA) is 98.7 Å². The first-order valence-corrected chi connectivity index (χ1v) is 9.32. The van der Waals surface area contributed by atoms with Crippen molar-refractivity contribution in [3.8, 4) is 5.75 Å². The summed E-state index contributed by atoms with van der Waals surface area (Å²) in [6.07, 6.45) is 2.17. The molecule has 2 aromatic rings. The number of aryl methyl sites for hydroxylation is 1. The monoisotopic (exact) mass is 389 g/mol. The highest BCUT2D eigenvalue weighted by atomic mass is 19.1. The van der Waals surface area contributed by atoms with Gasteiger partial charge in [-0.25, -0.2) is 4.39 Å². The normalized spacial score (nSPS) is 19.4. The summed E-state index contributed by atoms with van der Waals surface area (Å²) >= 11 is 0. The summed E-state index contributed by atoms with van der Waals surface area (Å²) in [7, 11) is 0. The maximum Gasteiger partial charge on any atom is 0.292 e. The third kappa shape index (κ3) is 4.68. The van der Waals surface area contributed by atoms with Crippen LogP contribution in [0.3, 0.4) is 0 Å². The van der Waals surface area contributed by atoms with Crippen LogP contribution < -0.4 is 10.5 Å². The molecule has 0 aliphatic carbocycles. The SMILES string of the molecule is CCc1cc(C(=O)N2CCCC(COc3ccc(F)cc3)(CC(N)=O)C2)on1. The van der Waals surface area contributed by atoms with E-state index in [2.05, 4.69) is 5.16 Å². The number of likely N-dealkylation sites (tertiary alicyclic amines) is 1. The second kappa shape index (κ2) is 8.41. The van der Waals surface area contributed by atoms with Crippen molar-refractivity contribution in [1.82, 2.24) is 10.1 Å². The number of nitrogens with two attached hydrogens (primary N) is 1. The molecular weight excluding hydrogens is 365 g/mol. The lowest BCUT2D eigenvalue weighted by Gasteiger charge is -2.41. The van der Waals surface area contributed by atoms with Crippen molar-refractivity contribution in [3.63, 3.8) is 0 Å². The third-order valence-electron chi connectivity index (χ3n) is 4.99. The van der Waals surface area contributed by atoms with E-state index in [9.17, 15) is 14.0 Å². The Morgan fingerprint density at radius 2 is 2.11 bits per heavy atom. The molecule has 2 heterocycles. The van der Waals surface area contributed by atoms with Gasteiger partial charge in [-0.3, -0.25) is 9.59 Å². The number of carbonyl (C=O) groups is 2. The molecule has 1 saturated heterocycles. The molecule has 2 N–H and O–H groups in total. The summed E-state index contributed by atoms with van der Waals surface area (Å²) in [5.41, 5.74) is 5.58. The van der Waals surface area contributed by atoms with E-state index in [0.29, 0.717) is 43.8 Å². The Bertz CT molecular complexity index is 836. The molecule has 1 aromatic heterocycles. The number of aromatic nitrogens is 1. The molecule has 3 rings (SSSR count). The molecule has 150 valence electrons. The lowest BCUT2D eigenvalue weighted by molar-refractivity contribution is -0.122. The molecule has 2 amide bonds. The van der Waals surface area contributed by atoms with Crippen LogP contribution in [-0.2, 0) is 11.2 Å². The molecule has 0 saturated carbocycles. The van der Waals surface area contributed by atoms with Crippen LogP contribution in [0.4, 0.5) is 4.39 Å². The van der Waals surface area contributed by atoms with Gasteiger partial charge in [-0.05, 0) is 43.5 Å². The summed E-state index contributed by atoms with van der Waals surface area (Å²) in [6.45, 7) is 3.00. The van der Waals surface area contributed by atoms with Gasteiger partial charge in [-0.1, -0.05) is 12.1 Å². The molecule has 7 nitrogen and oxygen atoms in total. The maximum absolute atomic E-state index is 13.1. The zero-order valence-electron chi connectivity index (χ0n) is 15.8.